The molecule has 0 saturated heterocycles. The molecule has 3 aromatic rings. The fourth-order valence-corrected chi connectivity index (χ4v) is 3.60. The summed E-state index contributed by atoms with van der Waals surface area (Å²) in [6.45, 7) is 0.612. The van der Waals surface area contributed by atoms with Gasteiger partial charge in [0.2, 0.25) is 0 Å². The molecular weight excluding hydrogens is 353 g/mol. The van der Waals surface area contributed by atoms with Crippen LogP contribution in [0.2, 0.25) is 0 Å². The van der Waals surface area contributed by atoms with Crippen molar-refractivity contribution in [2.75, 3.05) is 16.8 Å². The molecule has 130 valence electrons. The highest BCUT2D eigenvalue weighted by molar-refractivity contribution is 7.14. The SMILES string of the molecule is O=C(Nc1nc(C(=O)N2CCc3ccccc32)cs1)c1cccc(F)c1. The Bertz CT molecular complexity index is 1000. The number of carbonyl (C=O) groups excluding carboxylic acids is 2. The predicted octanol–water partition coefficient (Wildman–Crippen LogP) is 3.74. The molecule has 2 amide bonds. The predicted molar refractivity (Wildman–Crippen MR) is 98.3 cm³/mol. The molecule has 2 heterocycles. The lowest BCUT2D eigenvalue weighted by atomic mass is 10.2. The van der Waals surface area contributed by atoms with Crippen LogP contribution in [0.5, 0.6) is 0 Å². The van der Waals surface area contributed by atoms with Gasteiger partial charge in [-0.25, -0.2) is 9.37 Å². The van der Waals surface area contributed by atoms with Gasteiger partial charge in [-0.15, -0.1) is 11.3 Å². The van der Waals surface area contributed by atoms with Gasteiger partial charge in [-0.05, 0) is 36.2 Å². The third-order valence-corrected chi connectivity index (χ3v) is 4.92. The quantitative estimate of drug-likeness (QED) is 0.767. The van der Waals surface area contributed by atoms with Crippen LogP contribution in [0.3, 0.4) is 0 Å². The van der Waals surface area contributed by atoms with E-state index >= 15 is 0 Å². The highest BCUT2D eigenvalue weighted by Crippen LogP contribution is 2.29. The normalized spacial score (nSPS) is 12.7. The Balaban J connectivity index is 1.50. The first kappa shape index (κ1) is 16.4. The molecule has 1 aliphatic rings. The molecule has 1 aromatic heterocycles. The van der Waals surface area contributed by atoms with E-state index in [1.807, 2.05) is 24.3 Å². The Kier molecular flexibility index (Phi) is 4.22. The molecule has 0 saturated carbocycles. The van der Waals surface area contributed by atoms with E-state index in [4.69, 9.17) is 0 Å². The van der Waals surface area contributed by atoms with Crippen LogP contribution < -0.4 is 10.2 Å². The number of rotatable bonds is 3. The van der Waals surface area contributed by atoms with Gasteiger partial charge in [-0.2, -0.15) is 0 Å². The Hall–Kier alpha value is -3.06. The minimum atomic E-state index is -0.486. The summed E-state index contributed by atoms with van der Waals surface area (Å²) in [7, 11) is 0. The number of aromatic nitrogens is 1. The van der Waals surface area contributed by atoms with Crippen LogP contribution in [0, 0.1) is 5.82 Å². The van der Waals surface area contributed by atoms with Crippen molar-refractivity contribution in [2.24, 2.45) is 0 Å². The number of halogens is 1. The number of fused-ring (bicyclic) bond motifs is 1. The molecule has 0 atom stereocenters. The lowest BCUT2D eigenvalue weighted by Crippen LogP contribution is -2.29. The maximum absolute atomic E-state index is 13.2. The van der Waals surface area contributed by atoms with Crippen molar-refractivity contribution in [3.05, 3.63) is 76.5 Å². The monoisotopic (exact) mass is 367 g/mol. The summed E-state index contributed by atoms with van der Waals surface area (Å²) < 4.78 is 13.2. The molecule has 5 nitrogen and oxygen atoms in total. The molecule has 0 spiro atoms. The lowest BCUT2D eigenvalue weighted by Gasteiger charge is -2.15. The topological polar surface area (TPSA) is 62.3 Å². The highest BCUT2D eigenvalue weighted by Gasteiger charge is 2.26. The molecule has 0 fully saturated rings. The maximum Gasteiger partial charge on any atom is 0.277 e. The first-order chi connectivity index (χ1) is 12.6. The van der Waals surface area contributed by atoms with Gasteiger partial charge < -0.3 is 4.90 Å². The summed E-state index contributed by atoms with van der Waals surface area (Å²) in [4.78, 5) is 30.8. The fraction of sp³-hybridized carbons (Fsp3) is 0.105. The number of anilines is 2. The van der Waals surface area contributed by atoms with E-state index in [9.17, 15) is 14.0 Å². The maximum atomic E-state index is 13.2. The van der Waals surface area contributed by atoms with Gasteiger partial charge in [0, 0.05) is 23.2 Å². The molecule has 0 bridgehead atoms. The second kappa shape index (κ2) is 6.68. The number of para-hydroxylation sites is 1. The van der Waals surface area contributed by atoms with Crippen molar-refractivity contribution in [3.8, 4) is 0 Å². The van der Waals surface area contributed by atoms with Crippen molar-refractivity contribution >= 4 is 34.0 Å². The summed E-state index contributed by atoms with van der Waals surface area (Å²) in [6.07, 6.45) is 0.815. The van der Waals surface area contributed by atoms with Crippen LogP contribution >= 0.6 is 11.3 Å². The Morgan fingerprint density at radius 1 is 1.15 bits per heavy atom. The largest absolute Gasteiger partial charge is 0.306 e. The van der Waals surface area contributed by atoms with Crippen molar-refractivity contribution in [2.45, 2.75) is 6.42 Å². The van der Waals surface area contributed by atoms with Crippen LogP contribution in [0.25, 0.3) is 0 Å². The number of nitrogens with one attached hydrogen (secondary N) is 1. The first-order valence-electron chi connectivity index (χ1n) is 8.04. The minimum absolute atomic E-state index is 0.196. The first-order valence-corrected chi connectivity index (χ1v) is 8.92. The number of amides is 2. The second-order valence-corrected chi connectivity index (χ2v) is 6.70. The zero-order valence-corrected chi connectivity index (χ0v) is 14.4. The smallest absolute Gasteiger partial charge is 0.277 e. The lowest BCUT2D eigenvalue weighted by molar-refractivity contribution is 0.0982. The van der Waals surface area contributed by atoms with Crippen molar-refractivity contribution < 1.29 is 14.0 Å². The number of hydrogen-bond acceptors (Lipinski definition) is 4. The molecule has 2 aromatic carbocycles. The van der Waals surface area contributed by atoms with Crippen LogP contribution in [0.15, 0.2) is 53.9 Å². The number of nitrogens with zero attached hydrogens (tertiary/aromatic N) is 2. The van der Waals surface area contributed by atoms with E-state index in [2.05, 4.69) is 10.3 Å². The zero-order chi connectivity index (χ0) is 18.1. The summed E-state index contributed by atoms with van der Waals surface area (Å²) in [6, 6.07) is 13.2. The fourth-order valence-electron chi connectivity index (χ4n) is 2.92. The van der Waals surface area contributed by atoms with Gasteiger partial charge in [0.1, 0.15) is 11.5 Å². The van der Waals surface area contributed by atoms with Crippen molar-refractivity contribution in [1.29, 1.82) is 0 Å². The van der Waals surface area contributed by atoms with Gasteiger partial charge in [0.25, 0.3) is 11.8 Å². The standard InChI is InChI=1S/C19H14FN3O2S/c20-14-6-3-5-13(10-14)17(24)22-19-21-15(11-26-19)18(25)23-9-8-12-4-1-2-7-16(12)23/h1-7,10-11H,8-9H2,(H,21,22,24). The van der Waals surface area contributed by atoms with Crippen molar-refractivity contribution in [3.63, 3.8) is 0 Å². The molecular formula is C19H14FN3O2S. The average Bonchev–Trinajstić information content (AvgIpc) is 3.28. The molecule has 1 aliphatic heterocycles. The van der Waals surface area contributed by atoms with Gasteiger partial charge in [0.15, 0.2) is 5.13 Å². The highest BCUT2D eigenvalue weighted by atomic mass is 32.1. The third kappa shape index (κ3) is 3.09. The van der Waals surface area contributed by atoms with Crippen LogP contribution in [0.1, 0.15) is 26.4 Å². The minimum Gasteiger partial charge on any atom is -0.306 e. The molecule has 0 radical (unpaired) electrons. The number of benzene rings is 2. The second-order valence-electron chi connectivity index (χ2n) is 5.84. The van der Waals surface area contributed by atoms with E-state index in [0.717, 1.165) is 35.1 Å². The molecule has 7 heteroatoms. The zero-order valence-electron chi connectivity index (χ0n) is 13.6. The van der Waals surface area contributed by atoms with Gasteiger partial charge in [-0.3, -0.25) is 14.9 Å². The Morgan fingerprint density at radius 3 is 2.85 bits per heavy atom. The molecule has 4 rings (SSSR count). The van der Waals surface area contributed by atoms with Gasteiger partial charge in [0.05, 0.1) is 0 Å². The number of carbonyl (C=O) groups is 2. The molecule has 0 unspecified atom stereocenters. The van der Waals surface area contributed by atoms with Crippen molar-refractivity contribution in [1.82, 2.24) is 4.98 Å². The summed E-state index contributed by atoms with van der Waals surface area (Å²) in [5, 5.41) is 4.52. The van der Waals surface area contributed by atoms with E-state index in [-0.39, 0.29) is 17.2 Å². The third-order valence-electron chi connectivity index (χ3n) is 4.16. The van der Waals surface area contributed by atoms with Crippen LogP contribution in [-0.2, 0) is 6.42 Å². The number of thiazole rings is 1. The number of hydrogen-bond donors (Lipinski definition) is 1. The summed E-state index contributed by atoms with van der Waals surface area (Å²) in [5.41, 5.74) is 2.51. The van der Waals surface area contributed by atoms with E-state index in [0.29, 0.717) is 11.7 Å². The average molecular weight is 367 g/mol. The van der Waals surface area contributed by atoms with Crippen LogP contribution in [0.4, 0.5) is 15.2 Å². The molecule has 1 N–H and O–H groups in total. The Morgan fingerprint density at radius 2 is 2.00 bits per heavy atom. The Labute approximate surface area is 153 Å². The van der Waals surface area contributed by atoms with E-state index < -0.39 is 11.7 Å². The summed E-state index contributed by atoms with van der Waals surface area (Å²) >= 11 is 1.16. The van der Waals surface area contributed by atoms with Gasteiger partial charge in [-0.1, -0.05) is 24.3 Å². The summed E-state index contributed by atoms with van der Waals surface area (Å²) in [5.74, 6) is -1.15. The van der Waals surface area contributed by atoms with Gasteiger partial charge >= 0.3 is 0 Å². The molecule has 26 heavy (non-hydrogen) atoms. The molecule has 0 aliphatic carbocycles. The van der Waals surface area contributed by atoms with Crippen LogP contribution in [-0.4, -0.2) is 23.3 Å². The van der Waals surface area contributed by atoms with E-state index in [1.165, 1.54) is 18.2 Å². The van der Waals surface area contributed by atoms with E-state index in [1.54, 1.807) is 10.3 Å².